The number of nitrogens with zero attached hydrogens (tertiary/aromatic N) is 4. The molecule has 12 heteroatoms. The minimum atomic E-state index is -0.718. The Balaban J connectivity index is 1.64. The number of carbonyl (C=O) groups excluding carboxylic acids is 2. The van der Waals surface area contributed by atoms with Gasteiger partial charge in [0.25, 0.3) is 11.5 Å². The van der Waals surface area contributed by atoms with Crippen molar-refractivity contribution < 1.29 is 14.3 Å². The third-order valence-corrected chi connectivity index (χ3v) is 8.61. The molecule has 1 fully saturated rings. The lowest BCUT2D eigenvalue weighted by molar-refractivity contribution is 0.0752. The molecule has 0 aliphatic carbocycles. The summed E-state index contributed by atoms with van der Waals surface area (Å²) in [4.78, 5) is 43.7. The van der Waals surface area contributed by atoms with Crippen LogP contribution in [-0.2, 0) is 17.8 Å². The Morgan fingerprint density at radius 3 is 2.55 bits per heavy atom. The number of nitrogens with one attached hydrogen (secondary N) is 1. The van der Waals surface area contributed by atoms with Gasteiger partial charge in [-0.15, -0.1) is 22.7 Å². The second-order valence-corrected chi connectivity index (χ2v) is 13.2. The first-order valence-corrected chi connectivity index (χ1v) is 15.0. The molecule has 9 nitrogen and oxygen atoms in total. The number of halogens is 1. The van der Waals surface area contributed by atoms with Crippen molar-refractivity contribution in [1.82, 2.24) is 14.3 Å². The Kier molecular flexibility index (Phi) is 8.27. The SMILES string of the molecule is CC(C)(C)C(=O)n1nc(-c2c(N3CCOCC3)ccc(=O)n2CC(=O)c2cccs2)cc1NCc1ccc(Cl)s1. The first kappa shape index (κ1) is 28.3. The van der Waals surface area contributed by atoms with Crippen LogP contribution in [-0.4, -0.2) is 52.3 Å². The van der Waals surface area contributed by atoms with E-state index in [1.165, 1.54) is 38.0 Å². The second kappa shape index (κ2) is 11.7. The van der Waals surface area contributed by atoms with E-state index in [1.54, 1.807) is 18.2 Å². The Hall–Kier alpha value is -3.25. The van der Waals surface area contributed by atoms with E-state index in [-0.39, 0.29) is 23.8 Å². The molecule has 4 aromatic heterocycles. The summed E-state index contributed by atoms with van der Waals surface area (Å²) in [5.41, 5.74) is 0.622. The molecular weight excluding hydrogens is 570 g/mol. The van der Waals surface area contributed by atoms with E-state index >= 15 is 0 Å². The standard InChI is InChI=1S/C28H30ClN5O4S2/c1-28(2,3)27(37)34-24(30-16-18-6-8-23(29)40-18)15-19(31-34)26-20(32-10-12-38-13-11-32)7-9-25(36)33(26)17-21(35)22-5-4-14-39-22/h4-9,14-15,30H,10-13,16-17H2,1-3H3. The summed E-state index contributed by atoms with van der Waals surface area (Å²) in [6.45, 7) is 8.11. The van der Waals surface area contributed by atoms with Crippen molar-refractivity contribution in [2.45, 2.75) is 33.9 Å². The van der Waals surface area contributed by atoms with Gasteiger partial charge in [0.1, 0.15) is 11.5 Å². The van der Waals surface area contributed by atoms with E-state index in [0.29, 0.717) is 59.3 Å². The summed E-state index contributed by atoms with van der Waals surface area (Å²) in [5, 5.41) is 9.91. The number of hydrogen-bond acceptors (Lipinski definition) is 9. The van der Waals surface area contributed by atoms with Gasteiger partial charge < -0.3 is 15.0 Å². The van der Waals surface area contributed by atoms with Crippen LogP contribution in [0.4, 0.5) is 11.5 Å². The van der Waals surface area contributed by atoms with Gasteiger partial charge >= 0.3 is 0 Å². The van der Waals surface area contributed by atoms with Crippen LogP contribution in [0.2, 0.25) is 4.34 Å². The highest BCUT2D eigenvalue weighted by Gasteiger charge is 2.29. The molecule has 210 valence electrons. The van der Waals surface area contributed by atoms with Crippen molar-refractivity contribution in [2.24, 2.45) is 5.41 Å². The summed E-state index contributed by atoms with van der Waals surface area (Å²) in [6, 6.07) is 12.3. The maximum absolute atomic E-state index is 13.5. The Morgan fingerprint density at radius 1 is 1.12 bits per heavy atom. The molecule has 1 N–H and O–H groups in total. The molecule has 0 unspecified atom stereocenters. The lowest BCUT2D eigenvalue weighted by Gasteiger charge is -2.31. The molecule has 5 heterocycles. The summed E-state index contributed by atoms with van der Waals surface area (Å²) < 4.78 is 9.05. The zero-order valence-corrected chi connectivity index (χ0v) is 24.9. The van der Waals surface area contributed by atoms with Crippen molar-refractivity contribution in [3.8, 4) is 11.4 Å². The summed E-state index contributed by atoms with van der Waals surface area (Å²) in [5.74, 6) is 0.105. The Morgan fingerprint density at radius 2 is 1.90 bits per heavy atom. The maximum Gasteiger partial charge on any atom is 0.254 e. The number of ether oxygens (including phenoxy) is 1. The van der Waals surface area contributed by atoms with Crippen LogP contribution in [0.15, 0.2) is 52.6 Å². The van der Waals surface area contributed by atoms with Crippen LogP contribution in [0.1, 0.15) is 40.1 Å². The van der Waals surface area contributed by atoms with Gasteiger partial charge in [-0.1, -0.05) is 38.4 Å². The molecule has 0 atom stereocenters. The van der Waals surface area contributed by atoms with Crippen molar-refractivity contribution in [3.05, 3.63) is 72.3 Å². The molecule has 40 heavy (non-hydrogen) atoms. The normalized spacial score (nSPS) is 13.9. The van der Waals surface area contributed by atoms with E-state index in [0.717, 1.165) is 10.6 Å². The zero-order chi connectivity index (χ0) is 28.4. The average Bonchev–Trinajstić information content (AvgIpc) is 3.69. The highest BCUT2D eigenvalue weighted by Crippen LogP contribution is 2.33. The number of hydrogen-bond donors (Lipinski definition) is 1. The lowest BCUT2D eigenvalue weighted by Crippen LogP contribution is -2.38. The summed E-state index contributed by atoms with van der Waals surface area (Å²) in [7, 11) is 0. The molecule has 0 bridgehead atoms. The quantitative estimate of drug-likeness (QED) is 0.267. The van der Waals surface area contributed by atoms with Gasteiger partial charge in [-0.25, -0.2) is 0 Å². The number of pyridine rings is 1. The van der Waals surface area contributed by atoms with Crippen molar-refractivity contribution in [1.29, 1.82) is 0 Å². The van der Waals surface area contributed by atoms with Crippen LogP contribution in [0.25, 0.3) is 11.4 Å². The van der Waals surface area contributed by atoms with Gasteiger partial charge in [-0.05, 0) is 29.6 Å². The lowest BCUT2D eigenvalue weighted by atomic mass is 9.96. The number of rotatable bonds is 8. The van der Waals surface area contributed by atoms with Crippen LogP contribution in [0.5, 0.6) is 0 Å². The van der Waals surface area contributed by atoms with Crippen LogP contribution in [0.3, 0.4) is 0 Å². The van der Waals surface area contributed by atoms with Gasteiger partial charge in [0.2, 0.25) is 0 Å². The third kappa shape index (κ3) is 6.07. The van der Waals surface area contributed by atoms with E-state index in [4.69, 9.17) is 21.4 Å². The number of aromatic nitrogens is 3. The Labute approximate surface area is 245 Å². The van der Waals surface area contributed by atoms with E-state index in [9.17, 15) is 14.4 Å². The van der Waals surface area contributed by atoms with E-state index in [2.05, 4.69) is 10.2 Å². The van der Waals surface area contributed by atoms with Crippen LogP contribution < -0.4 is 15.8 Å². The summed E-state index contributed by atoms with van der Waals surface area (Å²) >= 11 is 8.90. The first-order valence-electron chi connectivity index (χ1n) is 12.9. The molecule has 1 saturated heterocycles. The molecule has 0 aromatic carbocycles. The third-order valence-electron chi connectivity index (χ3n) is 6.47. The Bertz CT molecular complexity index is 1580. The number of anilines is 2. The highest BCUT2D eigenvalue weighted by atomic mass is 35.5. The molecular formula is C28H30ClN5O4S2. The maximum atomic E-state index is 13.5. The first-order chi connectivity index (χ1) is 19.1. The fraction of sp³-hybridized carbons (Fsp3) is 0.357. The molecule has 0 radical (unpaired) electrons. The number of ketones is 1. The van der Waals surface area contributed by atoms with Gasteiger partial charge in [0, 0.05) is 35.5 Å². The van der Waals surface area contributed by atoms with E-state index < -0.39 is 5.41 Å². The van der Waals surface area contributed by atoms with Gasteiger partial charge in [0.15, 0.2) is 5.78 Å². The van der Waals surface area contributed by atoms with Gasteiger partial charge in [-0.3, -0.25) is 19.0 Å². The van der Waals surface area contributed by atoms with Crippen molar-refractivity contribution in [2.75, 3.05) is 36.5 Å². The largest absolute Gasteiger partial charge is 0.378 e. The smallest absolute Gasteiger partial charge is 0.254 e. The van der Waals surface area contributed by atoms with Gasteiger partial charge in [0.05, 0.1) is 46.9 Å². The fourth-order valence-electron chi connectivity index (χ4n) is 4.43. The molecule has 0 spiro atoms. The highest BCUT2D eigenvalue weighted by molar-refractivity contribution is 7.16. The number of Topliss-reactive ketones (excluding diaryl/α,β-unsaturated/α-hetero) is 1. The van der Waals surface area contributed by atoms with Crippen molar-refractivity contribution in [3.63, 3.8) is 0 Å². The molecule has 1 aliphatic rings. The number of morpholine rings is 1. The van der Waals surface area contributed by atoms with E-state index in [1.807, 2.05) is 44.4 Å². The fourth-order valence-corrected chi connectivity index (χ4v) is 6.12. The zero-order valence-electron chi connectivity index (χ0n) is 22.5. The molecule has 5 rings (SSSR count). The molecule has 4 aromatic rings. The van der Waals surface area contributed by atoms with Crippen LogP contribution in [0, 0.1) is 5.41 Å². The van der Waals surface area contributed by atoms with Crippen LogP contribution >= 0.6 is 34.3 Å². The van der Waals surface area contributed by atoms with Gasteiger partial charge in [-0.2, -0.15) is 9.78 Å². The molecule has 1 aliphatic heterocycles. The van der Waals surface area contributed by atoms with Crippen molar-refractivity contribution >= 4 is 57.5 Å². The number of thiophene rings is 2. The summed E-state index contributed by atoms with van der Waals surface area (Å²) in [6.07, 6.45) is 0. The average molecular weight is 600 g/mol. The topological polar surface area (TPSA) is 98.5 Å². The predicted molar refractivity (Wildman–Crippen MR) is 160 cm³/mol. The minimum absolute atomic E-state index is 0.149. The monoisotopic (exact) mass is 599 g/mol. The number of carbonyl (C=O) groups is 2. The second-order valence-electron chi connectivity index (χ2n) is 10.4. The minimum Gasteiger partial charge on any atom is -0.378 e. The predicted octanol–water partition coefficient (Wildman–Crippen LogP) is 5.51. The molecule has 0 amide bonds. The molecule has 0 saturated carbocycles.